The summed E-state index contributed by atoms with van der Waals surface area (Å²) in [5, 5.41) is 12.9. The fourth-order valence-electron chi connectivity index (χ4n) is 3.44. The fourth-order valence-corrected chi connectivity index (χ4v) is 4.02. The molecule has 3 N–H and O–H groups in total. The molecule has 9 heteroatoms. The molecule has 0 saturated heterocycles. The predicted octanol–water partition coefficient (Wildman–Crippen LogP) is 4.10. The largest absolute Gasteiger partial charge is 0.497 e. The molecule has 0 spiro atoms. The summed E-state index contributed by atoms with van der Waals surface area (Å²) in [5.41, 5.74) is 6.87. The topological polar surface area (TPSA) is 90.3 Å². The van der Waals surface area contributed by atoms with E-state index in [1.54, 1.807) is 18.9 Å². The first kappa shape index (κ1) is 22.8. The number of thioether (sulfide) groups is 1. The van der Waals surface area contributed by atoms with Crippen molar-refractivity contribution in [1.82, 2.24) is 14.8 Å². The van der Waals surface area contributed by atoms with Crippen molar-refractivity contribution in [3.8, 4) is 5.75 Å². The maximum atomic E-state index is 5.98. The van der Waals surface area contributed by atoms with Gasteiger partial charge in [0.15, 0.2) is 11.1 Å². The number of methoxy groups -OCH3 is 1. The zero-order valence-corrected chi connectivity index (χ0v) is 19.6. The van der Waals surface area contributed by atoms with Gasteiger partial charge >= 0.3 is 0 Å². The van der Waals surface area contributed by atoms with Crippen LogP contribution in [0.2, 0.25) is 0 Å². The molecule has 0 bridgehead atoms. The number of hydrogen-bond donors (Lipinski definition) is 2. The van der Waals surface area contributed by atoms with Crippen LogP contribution in [0.4, 0.5) is 5.69 Å². The molecule has 1 aliphatic rings. The number of anilines is 1. The number of ether oxygens (including phenoxy) is 1. The van der Waals surface area contributed by atoms with Gasteiger partial charge < -0.3 is 20.4 Å². The standard InChI is InChI=1S/C19H28N6OS.HI/c1-26-16-11-9-14(10-12-16)22-18(20)21-13-5-8-17-23-24-19(27-2)25(17)15-6-3-4-7-15;/h9-12,15H,3-8,13H2,1-2H3,(H3,20,21,22);1H. The second-order valence-electron chi connectivity index (χ2n) is 6.64. The van der Waals surface area contributed by atoms with Crippen LogP contribution in [0.1, 0.15) is 44.0 Å². The quantitative estimate of drug-likeness (QED) is 0.181. The molecule has 28 heavy (non-hydrogen) atoms. The number of aliphatic imine (C=N–C) groups is 1. The van der Waals surface area contributed by atoms with Crippen molar-refractivity contribution < 1.29 is 4.74 Å². The van der Waals surface area contributed by atoms with Crippen LogP contribution in [0.3, 0.4) is 0 Å². The third-order valence-electron chi connectivity index (χ3n) is 4.81. The van der Waals surface area contributed by atoms with Gasteiger partial charge in [-0.2, -0.15) is 0 Å². The summed E-state index contributed by atoms with van der Waals surface area (Å²) in [6.45, 7) is 0.654. The molecular weight excluding hydrogens is 487 g/mol. The second kappa shape index (κ2) is 11.5. The third kappa shape index (κ3) is 6.00. The number of benzene rings is 1. The number of nitrogens with one attached hydrogen (secondary N) is 1. The summed E-state index contributed by atoms with van der Waals surface area (Å²) in [7, 11) is 1.65. The minimum absolute atomic E-state index is 0. The number of aryl methyl sites for hydroxylation is 1. The molecule has 1 saturated carbocycles. The van der Waals surface area contributed by atoms with E-state index >= 15 is 0 Å². The summed E-state index contributed by atoms with van der Waals surface area (Å²) in [6.07, 6.45) is 8.88. The van der Waals surface area contributed by atoms with E-state index in [4.69, 9.17) is 10.5 Å². The number of hydrogen-bond acceptors (Lipinski definition) is 5. The number of rotatable bonds is 8. The Morgan fingerprint density at radius 3 is 2.64 bits per heavy atom. The molecule has 3 rings (SSSR count). The molecule has 7 nitrogen and oxygen atoms in total. The number of halogens is 1. The van der Waals surface area contributed by atoms with Crippen molar-refractivity contribution in [2.24, 2.45) is 10.7 Å². The van der Waals surface area contributed by atoms with E-state index in [-0.39, 0.29) is 24.0 Å². The number of aromatic nitrogens is 3. The van der Waals surface area contributed by atoms with Crippen LogP contribution in [0.25, 0.3) is 0 Å². The second-order valence-corrected chi connectivity index (χ2v) is 7.41. The molecule has 1 aromatic carbocycles. The first-order valence-corrected chi connectivity index (χ1v) is 10.6. The van der Waals surface area contributed by atoms with Gasteiger partial charge in [-0.15, -0.1) is 34.2 Å². The lowest BCUT2D eigenvalue weighted by atomic mass is 10.2. The molecule has 154 valence electrons. The van der Waals surface area contributed by atoms with E-state index in [0.717, 1.165) is 35.3 Å². The molecule has 0 atom stereocenters. The van der Waals surface area contributed by atoms with E-state index in [9.17, 15) is 0 Å². The van der Waals surface area contributed by atoms with Gasteiger partial charge in [0, 0.05) is 24.7 Å². The van der Waals surface area contributed by atoms with Crippen LogP contribution < -0.4 is 15.8 Å². The Hall–Kier alpha value is -1.49. The lowest BCUT2D eigenvalue weighted by Crippen LogP contribution is -2.22. The normalized spacial score (nSPS) is 14.7. The summed E-state index contributed by atoms with van der Waals surface area (Å²) in [4.78, 5) is 4.42. The number of guanidine groups is 1. The maximum Gasteiger partial charge on any atom is 0.193 e. The summed E-state index contributed by atoms with van der Waals surface area (Å²) >= 11 is 1.67. The summed E-state index contributed by atoms with van der Waals surface area (Å²) < 4.78 is 7.50. The summed E-state index contributed by atoms with van der Waals surface area (Å²) in [5.74, 6) is 2.30. The Bertz CT molecular complexity index is 758. The Kier molecular flexibility index (Phi) is 9.36. The lowest BCUT2D eigenvalue weighted by molar-refractivity contribution is 0.415. The van der Waals surface area contributed by atoms with Gasteiger partial charge in [-0.3, -0.25) is 4.99 Å². The molecule has 1 fully saturated rings. The molecular formula is C19H29IN6OS. The highest BCUT2D eigenvalue weighted by atomic mass is 127. The van der Waals surface area contributed by atoms with Crippen LogP contribution in [0.15, 0.2) is 34.4 Å². The van der Waals surface area contributed by atoms with E-state index in [0.29, 0.717) is 18.5 Å². The average Bonchev–Trinajstić information content (AvgIpc) is 3.35. The van der Waals surface area contributed by atoms with Gasteiger partial charge in [-0.25, -0.2) is 0 Å². The highest BCUT2D eigenvalue weighted by molar-refractivity contribution is 14.0. The first-order chi connectivity index (χ1) is 13.2. The van der Waals surface area contributed by atoms with Gasteiger partial charge in [-0.05, 0) is 49.8 Å². The Labute approximate surface area is 187 Å². The lowest BCUT2D eigenvalue weighted by Gasteiger charge is -2.16. The molecule has 1 heterocycles. The van der Waals surface area contributed by atoms with Crippen molar-refractivity contribution in [1.29, 1.82) is 0 Å². The van der Waals surface area contributed by atoms with Crippen LogP contribution >= 0.6 is 35.7 Å². The predicted molar refractivity (Wildman–Crippen MR) is 126 cm³/mol. The molecule has 1 aromatic heterocycles. The monoisotopic (exact) mass is 516 g/mol. The van der Waals surface area contributed by atoms with Crippen molar-refractivity contribution in [3.63, 3.8) is 0 Å². The highest BCUT2D eigenvalue weighted by Gasteiger charge is 2.23. The third-order valence-corrected chi connectivity index (χ3v) is 5.45. The average molecular weight is 516 g/mol. The molecule has 0 unspecified atom stereocenters. The molecule has 1 aliphatic carbocycles. The van der Waals surface area contributed by atoms with Crippen molar-refractivity contribution in [2.75, 3.05) is 25.2 Å². The smallest absolute Gasteiger partial charge is 0.193 e. The molecule has 0 aliphatic heterocycles. The zero-order chi connectivity index (χ0) is 19.1. The van der Waals surface area contributed by atoms with Crippen LogP contribution in [-0.2, 0) is 6.42 Å². The Balaban J connectivity index is 0.00000280. The number of nitrogens with two attached hydrogens (primary N) is 1. The SMILES string of the molecule is COc1ccc(NC(N)=NCCCc2nnc(SC)n2C2CCCC2)cc1.I. The highest BCUT2D eigenvalue weighted by Crippen LogP contribution is 2.33. The van der Waals surface area contributed by atoms with Gasteiger partial charge in [0.2, 0.25) is 0 Å². The Morgan fingerprint density at radius 2 is 2.00 bits per heavy atom. The van der Waals surface area contributed by atoms with Crippen LogP contribution in [-0.4, -0.2) is 40.6 Å². The minimum atomic E-state index is 0. The fraction of sp³-hybridized carbons (Fsp3) is 0.526. The van der Waals surface area contributed by atoms with Crippen molar-refractivity contribution in [2.45, 2.75) is 49.7 Å². The maximum absolute atomic E-state index is 5.98. The van der Waals surface area contributed by atoms with Gasteiger partial charge in [0.25, 0.3) is 0 Å². The van der Waals surface area contributed by atoms with Gasteiger partial charge in [0.05, 0.1) is 7.11 Å². The zero-order valence-electron chi connectivity index (χ0n) is 16.4. The van der Waals surface area contributed by atoms with Crippen molar-refractivity contribution >= 4 is 47.4 Å². The summed E-state index contributed by atoms with van der Waals surface area (Å²) in [6, 6.07) is 8.15. The molecule has 0 radical (unpaired) electrons. The minimum Gasteiger partial charge on any atom is -0.497 e. The van der Waals surface area contributed by atoms with E-state index < -0.39 is 0 Å². The van der Waals surface area contributed by atoms with Crippen LogP contribution in [0.5, 0.6) is 5.75 Å². The molecule has 0 amide bonds. The number of nitrogens with zero attached hydrogens (tertiary/aromatic N) is 4. The van der Waals surface area contributed by atoms with Gasteiger partial charge in [-0.1, -0.05) is 24.6 Å². The van der Waals surface area contributed by atoms with Gasteiger partial charge in [0.1, 0.15) is 11.6 Å². The van der Waals surface area contributed by atoms with E-state index in [1.165, 1.54) is 25.7 Å². The first-order valence-electron chi connectivity index (χ1n) is 9.40. The van der Waals surface area contributed by atoms with E-state index in [1.807, 2.05) is 24.3 Å². The van der Waals surface area contributed by atoms with E-state index in [2.05, 4.69) is 31.3 Å². The van der Waals surface area contributed by atoms with Crippen molar-refractivity contribution in [3.05, 3.63) is 30.1 Å². The molecule has 2 aromatic rings. The van der Waals surface area contributed by atoms with Crippen LogP contribution in [0, 0.1) is 0 Å². The Morgan fingerprint density at radius 1 is 1.29 bits per heavy atom.